The zero-order chi connectivity index (χ0) is 14.6. The second kappa shape index (κ2) is 6.33. The second-order valence-electron chi connectivity index (χ2n) is 4.30. The fraction of sp³-hybridized carbons (Fsp3) is 0.500. The highest BCUT2D eigenvalue weighted by Gasteiger charge is 2.17. The lowest BCUT2D eigenvalue weighted by Gasteiger charge is -2.23. The van der Waals surface area contributed by atoms with Gasteiger partial charge in [0.1, 0.15) is 0 Å². The molecule has 0 aliphatic heterocycles. The molecule has 1 atom stereocenters. The van der Waals surface area contributed by atoms with Gasteiger partial charge in [-0.1, -0.05) is 6.07 Å². The number of methoxy groups -OCH3 is 2. The van der Waals surface area contributed by atoms with Gasteiger partial charge in [-0.15, -0.1) is 0 Å². The largest absolute Gasteiger partial charge is 0.377 e. The fourth-order valence-electron chi connectivity index (χ4n) is 1.83. The molecule has 0 bridgehead atoms. The maximum absolute atomic E-state index is 11.4. The third-order valence-corrected chi connectivity index (χ3v) is 3.81. The molecule has 0 fully saturated rings. The molecule has 108 valence electrons. The first-order chi connectivity index (χ1) is 8.79. The Hall–Kier alpha value is -1.15. The lowest BCUT2D eigenvalue weighted by Crippen LogP contribution is -2.33. The van der Waals surface area contributed by atoms with Crippen molar-refractivity contribution in [2.75, 3.05) is 19.5 Å². The van der Waals surface area contributed by atoms with Crippen molar-refractivity contribution in [1.29, 1.82) is 0 Å². The minimum absolute atomic E-state index is 0.107. The molecule has 19 heavy (non-hydrogen) atoms. The minimum atomic E-state index is -3.73. The van der Waals surface area contributed by atoms with Gasteiger partial charge in [-0.25, -0.2) is 13.6 Å². The number of sulfonamides is 1. The first-order valence-electron chi connectivity index (χ1n) is 5.75. The zero-order valence-electron chi connectivity index (χ0n) is 11.5. The van der Waals surface area contributed by atoms with Crippen molar-refractivity contribution >= 4 is 15.7 Å². The van der Waals surface area contributed by atoms with E-state index in [2.05, 4.69) is 5.32 Å². The molecule has 0 aliphatic carbocycles. The van der Waals surface area contributed by atoms with Crippen LogP contribution in [0, 0.1) is 6.92 Å². The molecule has 0 amide bonds. The SMILES string of the molecule is COC(OC)C(C)Nc1ccc(C)c(S(N)(=O)=O)c1. The van der Waals surface area contributed by atoms with Crippen molar-refractivity contribution in [2.45, 2.75) is 31.1 Å². The number of rotatable bonds is 6. The highest BCUT2D eigenvalue weighted by Crippen LogP contribution is 2.20. The number of nitrogens with two attached hydrogens (primary N) is 1. The zero-order valence-corrected chi connectivity index (χ0v) is 12.3. The monoisotopic (exact) mass is 288 g/mol. The van der Waals surface area contributed by atoms with Crippen LogP contribution in [0.2, 0.25) is 0 Å². The smallest absolute Gasteiger partial charge is 0.238 e. The Balaban J connectivity index is 2.98. The van der Waals surface area contributed by atoms with Crippen LogP contribution < -0.4 is 10.5 Å². The normalized spacial score (nSPS) is 13.6. The van der Waals surface area contributed by atoms with E-state index in [1.165, 1.54) is 20.3 Å². The quantitative estimate of drug-likeness (QED) is 0.764. The average molecular weight is 288 g/mol. The Kier molecular flexibility index (Phi) is 5.30. The molecule has 0 saturated heterocycles. The van der Waals surface area contributed by atoms with Crippen molar-refractivity contribution in [3.05, 3.63) is 23.8 Å². The summed E-state index contributed by atoms with van der Waals surface area (Å²) in [6.45, 7) is 3.56. The minimum Gasteiger partial charge on any atom is -0.377 e. The molecule has 0 saturated carbocycles. The van der Waals surface area contributed by atoms with E-state index in [-0.39, 0.29) is 10.9 Å². The Bertz CT molecular complexity index is 527. The number of ether oxygens (including phenoxy) is 2. The first-order valence-corrected chi connectivity index (χ1v) is 7.29. The van der Waals surface area contributed by atoms with Gasteiger partial charge in [0.25, 0.3) is 0 Å². The fourth-order valence-corrected chi connectivity index (χ4v) is 2.64. The molecule has 0 radical (unpaired) electrons. The molecule has 0 aromatic heterocycles. The predicted octanol–water partition coefficient (Wildman–Crippen LogP) is 1.06. The van der Waals surface area contributed by atoms with Gasteiger partial charge in [-0.05, 0) is 31.5 Å². The van der Waals surface area contributed by atoms with Gasteiger partial charge in [0.15, 0.2) is 6.29 Å². The van der Waals surface area contributed by atoms with E-state index in [0.717, 1.165) is 0 Å². The summed E-state index contributed by atoms with van der Waals surface area (Å²) in [7, 11) is -0.648. The summed E-state index contributed by atoms with van der Waals surface area (Å²) in [5.41, 5.74) is 1.25. The van der Waals surface area contributed by atoms with Crippen LogP contribution in [0.4, 0.5) is 5.69 Å². The Labute approximate surface area is 113 Å². The van der Waals surface area contributed by atoms with Crippen LogP contribution in [-0.2, 0) is 19.5 Å². The highest BCUT2D eigenvalue weighted by atomic mass is 32.2. The lowest BCUT2D eigenvalue weighted by atomic mass is 10.2. The summed E-state index contributed by atoms with van der Waals surface area (Å²) in [6, 6.07) is 4.83. The van der Waals surface area contributed by atoms with E-state index in [4.69, 9.17) is 14.6 Å². The molecule has 1 aromatic carbocycles. The summed E-state index contributed by atoms with van der Waals surface area (Å²) in [5.74, 6) is 0. The molecule has 7 heteroatoms. The van der Waals surface area contributed by atoms with Crippen molar-refractivity contribution in [2.24, 2.45) is 5.14 Å². The summed E-state index contributed by atoms with van der Waals surface area (Å²) in [4.78, 5) is 0.107. The van der Waals surface area contributed by atoms with Gasteiger partial charge >= 0.3 is 0 Å². The van der Waals surface area contributed by atoms with E-state index in [0.29, 0.717) is 11.3 Å². The topological polar surface area (TPSA) is 90.7 Å². The van der Waals surface area contributed by atoms with Gasteiger partial charge in [0.05, 0.1) is 10.9 Å². The van der Waals surface area contributed by atoms with E-state index in [1.807, 2.05) is 6.92 Å². The van der Waals surface area contributed by atoms with Gasteiger partial charge in [0, 0.05) is 19.9 Å². The van der Waals surface area contributed by atoms with Crippen LogP contribution >= 0.6 is 0 Å². The Morgan fingerprint density at radius 3 is 2.32 bits per heavy atom. The number of aryl methyl sites for hydroxylation is 1. The number of anilines is 1. The van der Waals surface area contributed by atoms with Gasteiger partial charge in [-0.3, -0.25) is 0 Å². The predicted molar refractivity (Wildman–Crippen MR) is 73.4 cm³/mol. The molecular weight excluding hydrogens is 268 g/mol. The third kappa shape index (κ3) is 4.17. The molecule has 0 heterocycles. The lowest BCUT2D eigenvalue weighted by molar-refractivity contribution is -0.109. The summed E-state index contributed by atoms with van der Waals surface area (Å²) in [6.07, 6.45) is -0.431. The summed E-state index contributed by atoms with van der Waals surface area (Å²) >= 11 is 0. The van der Waals surface area contributed by atoms with Crippen LogP contribution in [0.25, 0.3) is 0 Å². The molecule has 1 aromatic rings. The third-order valence-electron chi connectivity index (χ3n) is 2.76. The van der Waals surface area contributed by atoms with Crippen molar-refractivity contribution in [3.8, 4) is 0 Å². The molecule has 0 aliphatic rings. The van der Waals surface area contributed by atoms with Crippen LogP contribution in [0.5, 0.6) is 0 Å². The summed E-state index contributed by atoms with van der Waals surface area (Å²) in [5, 5.41) is 8.28. The van der Waals surface area contributed by atoms with Crippen LogP contribution in [0.15, 0.2) is 23.1 Å². The van der Waals surface area contributed by atoms with Crippen LogP contribution in [0.3, 0.4) is 0 Å². The average Bonchev–Trinajstić information content (AvgIpc) is 2.31. The Morgan fingerprint density at radius 2 is 1.84 bits per heavy atom. The standard InChI is InChI=1S/C12H20N2O4S/c1-8-5-6-10(7-11(8)19(13,15)16)14-9(2)12(17-3)18-4/h5-7,9,12,14H,1-4H3,(H2,13,15,16). The maximum atomic E-state index is 11.4. The number of primary sulfonamides is 1. The second-order valence-corrected chi connectivity index (χ2v) is 5.83. The van der Waals surface area contributed by atoms with Crippen molar-refractivity contribution < 1.29 is 17.9 Å². The number of benzene rings is 1. The number of nitrogens with one attached hydrogen (secondary N) is 1. The van der Waals surface area contributed by atoms with Crippen molar-refractivity contribution in [3.63, 3.8) is 0 Å². The highest BCUT2D eigenvalue weighted by molar-refractivity contribution is 7.89. The molecule has 6 nitrogen and oxygen atoms in total. The van der Waals surface area contributed by atoms with E-state index >= 15 is 0 Å². The number of hydrogen-bond donors (Lipinski definition) is 2. The molecule has 1 unspecified atom stereocenters. The number of hydrogen-bond acceptors (Lipinski definition) is 5. The summed E-state index contributed by atoms with van der Waals surface area (Å²) < 4.78 is 33.1. The van der Waals surface area contributed by atoms with E-state index in [1.54, 1.807) is 19.1 Å². The molecule has 0 spiro atoms. The van der Waals surface area contributed by atoms with Crippen LogP contribution in [-0.4, -0.2) is 35.0 Å². The molecule has 3 N–H and O–H groups in total. The van der Waals surface area contributed by atoms with Gasteiger partial charge in [0.2, 0.25) is 10.0 Å². The maximum Gasteiger partial charge on any atom is 0.238 e. The van der Waals surface area contributed by atoms with E-state index < -0.39 is 16.3 Å². The van der Waals surface area contributed by atoms with Gasteiger partial charge in [-0.2, -0.15) is 0 Å². The van der Waals surface area contributed by atoms with E-state index in [9.17, 15) is 8.42 Å². The van der Waals surface area contributed by atoms with Crippen LogP contribution in [0.1, 0.15) is 12.5 Å². The molecular formula is C12H20N2O4S. The first kappa shape index (κ1) is 15.9. The van der Waals surface area contributed by atoms with Gasteiger partial charge < -0.3 is 14.8 Å². The Morgan fingerprint density at radius 1 is 1.26 bits per heavy atom. The van der Waals surface area contributed by atoms with Crippen molar-refractivity contribution in [1.82, 2.24) is 0 Å². The molecule has 1 rings (SSSR count).